The first-order chi connectivity index (χ1) is 29.1. The number of ether oxygens (including phenoxy) is 5. The molecule has 3 aliphatic heterocycles. The van der Waals surface area contributed by atoms with Crippen LogP contribution in [-0.4, -0.2) is 125 Å². The Morgan fingerprint density at radius 3 is 2.29 bits per heavy atom. The molecule has 3 rings (SSSR count). The molecule has 3 bridgehead atoms. The maximum Gasteiger partial charge on any atom is 0.397 e. The highest BCUT2D eigenvalue weighted by Crippen LogP contribution is 2.45. The molecular formula is C38H66N2O19S3. The number of esters is 2. The Balaban J connectivity index is 1.61. The Bertz CT molecular complexity index is 1760. The summed E-state index contributed by atoms with van der Waals surface area (Å²) in [5, 5.41) is 2.48. The molecule has 1 spiro atoms. The van der Waals surface area contributed by atoms with Crippen LogP contribution in [-0.2, 0) is 77.5 Å². The van der Waals surface area contributed by atoms with Crippen molar-refractivity contribution in [1.82, 2.24) is 10.0 Å². The molecule has 0 aromatic carbocycles. The van der Waals surface area contributed by atoms with Crippen LogP contribution in [0.3, 0.4) is 0 Å². The van der Waals surface area contributed by atoms with Crippen LogP contribution in [0.25, 0.3) is 0 Å². The van der Waals surface area contributed by atoms with Gasteiger partial charge >= 0.3 is 43.0 Å². The number of nitrogens with one attached hydrogen (secondary N) is 2. The van der Waals surface area contributed by atoms with Gasteiger partial charge in [0.2, 0.25) is 5.91 Å². The Morgan fingerprint density at radius 1 is 0.887 bits per heavy atom. The number of rotatable bonds is 20. The lowest BCUT2D eigenvalue weighted by molar-refractivity contribution is -0.223. The quantitative estimate of drug-likeness (QED) is 0.0658. The molecular weight excluding hydrogens is 885 g/mol. The minimum Gasteiger partial charge on any atom is -0.462 e. The second-order valence-electron chi connectivity index (χ2n) is 16.5. The van der Waals surface area contributed by atoms with Crippen LogP contribution in [0.1, 0.15) is 136 Å². The number of hydrogen-bond donors (Lipinski definition) is 5. The summed E-state index contributed by atoms with van der Waals surface area (Å²) in [6.45, 7) is 2.23. The monoisotopic (exact) mass is 950 g/mol. The first-order valence-electron chi connectivity index (χ1n) is 21.4. The van der Waals surface area contributed by atoms with Crippen molar-refractivity contribution in [3.63, 3.8) is 0 Å². The fourth-order valence-electron chi connectivity index (χ4n) is 7.73. The summed E-state index contributed by atoms with van der Waals surface area (Å²) >= 11 is 0. The highest BCUT2D eigenvalue weighted by molar-refractivity contribution is 7.83. The van der Waals surface area contributed by atoms with Gasteiger partial charge in [-0.3, -0.25) is 28.0 Å². The van der Waals surface area contributed by atoms with Gasteiger partial charge < -0.3 is 29.0 Å². The molecule has 1 amide bonds. The molecule has 2 fully saturated rings. The average Bonchev–Trinajstić information content (AvgIpc) is 3.40. The zero-order valence-electron chi connectivity index (χ0n) is 35.6. The zero-order chi connectivity index (χ0) is 45.8. The van der Waals surface area contributed by atoms with Gasteiger partial charge in [-0.25, -0.2) is 8.37 Å². The first-order valence-corrected chi connectivity index (χ1v) is 25.6. The number of carbonyl (C=O) groups is 3. The molecule has 0 aromatic heterocycles. The van der Waals surface area contributed by atoms with Crippen molar-refractivity contribution in [3.8, 4) is 0 Å². The predicted molar refractivity (Wildman–Crippen MR) is 220 cm³/mol. The standard InChI is InChI=1S/C38H66N2O19S3/c1-28(2)22-36(42)55-30-23-34-32-17-11-4-3-5-13-19-35(41)39-25-37(43)56-31(16-10-6-8-14-20-38(24-30,57-32)58-34)33(59-62(50,51)52)18-12-7-9-15-21-53-26-29(40-60(44,45)46)27-54-61(47,48)49/h13,19,28-34,40H,3-12,14-18,20-27H2,1-2H3,(H,39,41)(H,44,45,46)(H,47,48,49)(H,50,51,52)/b19-13-/t29?,30-,31?,32+,33?,34-,38-/m0/s1. The van der Waals surface area contributed by atoms with Gasteiger partial charge in [0.05, 0.1) is 31.5 Å². The number of allylic oxidation sites excluding steroid dienone is 1. The normalized spacial score (nSPS) is 26.9. The van der Waals surface area contributed by atoms with E-state index in [4.69, 9.17) is 37.0 Å². The van der Waals surface area contributed by atoms with E-state index in [-0.39, 0.29) is 49.6 Å². The van der Waals surface area contributed by atoms with E-state index in [0.29, 0.717) is 77.0 Å². The number of fused-ring (bicyclic) bond motifs is 3. The van der Waals surface area contributed by atoms with Crippen molar-refractivity contribution < 1.29 is 85.3 Å². The van der Waals surface area contributed by atoms with Gasteiger partial charge in [0.25, 0.3) is 0 Å². The van der Waals surface area contributed by atoms with Gasteiger partial charge in [-0.1, -0.05) is 64.9 Å². The molecule has 7 atom stereocenters. The average molecular weight is 951 g/mol. The SMILES string of the molecule is CC(C)CC(=O)O[C@H]1C[C@@H]2O[C@@]3(CCCCCCC(C(CCCCCCOCC(COS(=O)(=O)O)NS(=O)(=O)O)OS(=O)(=O)O)OC(=O)CNC(=O)/C=C\CCCCC[C@H]2O3)C1. The zero-order valence-corrected chi connectivity index (χ0v) is 38.0. The Kier molecular flexibility index (Phi) is 23.1. The minimum absolute atomic E-state index is 0.0451. The summed E-state index contributed by atoms with van der Waals surface area (Å²) in [5.74, 6) is -2.30. The summed E-state index contributed by atoms with van der Waals surface area (Å²) in [6, 6.07) is -1.35. The van der Waals surface area contributed by atoms with Crippen LogP contribution < -0.4 is 10.0 Å². The van der Waals surface area contributed by atoms with Crippen LogP contribution in [0.4, 0.5) is 0 Å². The largest absolute Gasteiger partial charge is 0.462 e. The Labute approximate surface area is 365 Å². The van der Waals surface area contributed by atoms with E-state index in [1.165, 1.54) is 6.08 Å². The molecule has 360 valence electrons. The van der Waals surface area contributed by atoms with Gasteiger partial charge in [0.15, 0.2) is 5.79 Å². The molecule has 0 aromatic rings. The highest BCUT2D eigenvalue weighted by atomic mass is 32.3. The molecule has 3 heterocycles. The van der Waals surface area contributed by atoms with Gasteiger partial charge in [0, 0.05) is 32.3 Å². The van der Waals surface area contributed by atoms with Crippen LogP contribution in [0.15, 0.2) is 12.2 Å². The van der Waals surface area contributed by atoms with E-state index in [0.717, 1.165) is 32.1 Å². The van der Waals surface area contributed by atoms with Crippen molar-refractivity contribution >= 4 is 48.9 Å². The second kappa shape index (κ2) is 26.6. The van der Waals surface area contributed by atoms with Crippen LogP contribution in [0, 0.1) is 5.92 Å². The van der Waals surface area contributed by atoms with E-state index in [1.807, 2.05) is 13.8 Å². The molecule has 62 heavy (non-hydrogen) atoms. The van der Waals surface area contributed by atoms with E-state index in [2.05, 4.69) is 9.50 Å². The first kappa shape index (κ1) is 54.0. The summed E-state index contributed by atoms with van der Waals surface area (Å²) in [5.41, 5.74) is 0. The number of hydrogen-bond acceptors (Lipinski definition) is 16. The summed E-state index contributed by atoms with van der Waals surface area (Å²) in [6.07, 6.45) is 10.5. The maximum atomic E-state index is 13.0. The van der Waals surface area contributed by atoms with E-state index < -0.39 is 86.8 Å². The number of amides is 1. The smallest absolute Gasteiger partial charge is 0.397 e. The van der Waals surface area contributed by atoms with Crippen molar-refractivity contribution in [3.05, 3.63) is 12.2 Å². The second-order valence-corrected chi connectivity index (χ2v) is 19.8. The third-order valence-corrected chi connectivity index (χ3v) is 12.0. The fourth-order valence-corrected chi connectivity index (χ4v) is 9.16. The summed E-state index contributed by atoms with van der Waals surface area (Å²) < 4.78 is 136. The third kappa shape index (κ3) is 23.5. The highest BCUT2D eigenvalue weighted by Gasteiger charge is 2.53. The lowest BCUT2D eigenvalue weighted by Gasteiger charge is -2.36. The summed E-state index contributed by atoms with van der Waals surface area (Å²) in [7, 11) is -14.6. The third-order valence-electron chi connectivity index (χ3n) is 10.4. The van der Waals surface area contributed by atoms with E-state index in [9.17, 15) is 44.2 Å². The van der Waals surface area contributed by atoms with Crippen LogP contribution in [0.5, 0.6) is 0 Å². The fraction of sp³-hybridized carbons (Fsp3) is 0.868. The number of cyclic esters (lactones) is 1. The molecule has 3 aliphatic rings. The molecule has 2 saturated heterocycles. The van der Waals surface area contributed by atoms with Crippen molar-refractivity contribution in [2.45, 2.75) is 178 Å². The molecule has 5 N–H and O–H groups in total. The van der Waals surface area contributed by atoms with Gasteiger partial charge in [-0.05, 0) is 63.4 Å². The van der Waals surface area contributed by atoms with Crippen LogP contribution in [0.2, 0.25) is 0 Å². The topological polar surface area (TPSA) is 303 Å². The Hall–Kier alpha value is -2.36. The molecule has 0 radical (unpaired) electrons. The van der Waals surface area contributed by atoms with Gasteiger partial charge in [-0.2, -0.15) is 30.0 Å². The maximum absolute atomic E-state index is 13.0. The molecule has 24 heteroatoms. The molecule has 0 aliphatic carbocycles. The molecule has 0 saturated carbocycles. The van der Waals surface area contributed by atoms with Gasteiger partial charge in [-0.15, -0.1) is 0 Å². The van der Waals surface area contributed by atoms with Crippen LogP contribution >= 0.6 is 0 Å². The lowest BCUT2D eigenvalue weighted by Crippen LogP contribution is -2.42. The molecule has 21 nitrogen and oxygen atoms in total. The van der Waals surface area contributed by atoms with Crippen molar-refractivity contribution in [2.24, 2.45) is 5.92 Å². The molecule has 3 unspecified atom stereocenters. The van der Waals surface area contributed by atoms with Crippen molar-refractivity contribution in [1.29, 1.82) is 0 Å². The lowest BCUT2D eigenvalue weighted by atomic mass is 9.93. The van der Waals surface area contributed by atoms with E-state index >= 15 is 0 Å². The Morgan fingerprint density at radius 2 is 1.58 bits per heavy atom. The summed E-state index contributed by atoms with van der Waals surface area (Å²) in [4.78, 5) is 38.0. The van der Waals surface area contributed by atoms with Gasteiger partial charge in [0.1, 0.15) is 24.9 Å². The van der Waals surface area contributed by atoms with E-state index in [1.54, 1.807) is 10.8 Å². The predicted octanol–water partition coefficient (Wildman–Crippen LogP) is 3.84. The number of carbonyl (C=O) groups excluding carboxylic acids is 3. The van der Waals surface area contributed by atoms with Crippen molar-refractivity contribution in [2.75, 3.05) is 26.4 Å². The number of unbranched alkanes of at least 4 members (excludes halogenated alkanes) is 3. The minimum atomic E-state index is -4.99.